The second-order valence-electron chi connectivity index (χ2n) is 8.48. The Kier molecular flexibility index (Phi) is 6.94. The Morgan fingerprint density at radius 3 is 2.88 bits per heavy atom. The van der Waals surface area contributed by atoms with Gasteiger partial charge in [0.15, 0.2) is 0 Å². The first kappa shape index (κ1) is 23.5. The minimum Gasteiger partial charge on any atom is -0.385 e. The average Bonchev–Trinajstić information content (AvgIpc) is 2.81. The molecule has 1 N–H and O–H groups in total. The fourth-order valence-corrected chi connectivity index (χ4v) is 5.26. The van der Waals surface area contributed by atoms with Crippen LogP contribution >= 0.6 is 11.8 Å². The zero-order chi connectivity index (χ0) is 24.2. The summed E-state index contributed by atoms with van der Waals surface area (Å²) in [6.07, 6.45) is 4.78. The van der Waals surface area contributed by atoms with Crippen molar-refractivity contribution in [3.63, 3.8) is 0 Å². The van der Waals surface area contributed by atoms with Crippen molar-refractivity contribution < 1.29 is 4.79 Å². The second-order valence-corrected chi connectivity index (χ2v) is 9.75. The van der Waals surface area contributed by atoms with Gasteiger partial charge in [-0.05, 0) is 61.7 Å². The molecule has 3 aromatic rings. The molecular formula is C26H25N5O2S. The molecule has 7 nitrogen and oxygen atoms in total. The molecule has 1 aliphatic rings. The molecule has 1 aromatic heterocycles. The zero-order valence-corrected chi connectivity index (χ0v) is 19.9. The number of hydrogen-bond acceptors (Lipinski definition) is 7. The number of rotatable bonds is 7. The van der Waals surface area contributed by atoms with Gasteiger partial charge in [-0.2, -0.15) is 5.26 Å². The monoisotopic (exact) mass is 471 g/mol. The molecule has 0 atom stereocenters. The van der Waals surface area contributed by atoms with Gasteiger partial charge in [0.2, 0.25) is 5.12 Å². The Balaban J connectivity index is 1.34. The van der Waals surface area contributed by atoms with Crippen LogP contribution in [-0.4, -0.2) is 26.6 Å². The molecule has 8 heteroatoms. The van der Waals surface area contributed by atoms with E-state index < -0.39 is 0 Å². The molecule has 172 valence electrons. The van der Waals surface area contributed by atoms with E-state index in [1.54, 1.807) is 19.3 Å². The predicted octanol–water partition coefficient (Wildman–Crippen LogP) is 3.95. The highest BCUT2D eigenvalue weighted by Crippen LogP contribution is 2.45. The number of fused-ring (bicyclic) bond motifs is 1. The van der Waals surface area contributed by atoms with Gasteiger partial charge in [0.25, 0.3) is 5.56 Å². The number of nitrogens with zero attached hydrogens (tertiary/aromatic N) is 4. The van der Waals surface area contributed by atoms with Gasteiger partial charge < -0.3 is 9.88 Å². The van der Waals surface area contributed by atoms with E-state index in [1.807, 2.05) is 31.2 Å². The van der Waals surface area contributed by atoms with E-state index in [1.165, 1.54) is 22.7 Å². The number of hydrogen-bond donors (Lipinski definition) is 1. The van der Waals surface area contributed by atoms with Crippen molar-refractivity contribution in [1.82, 2.24) is 14.9 Å². The van der Waals surface area contributed by atoms with Crippen molar-refractivity contribution in [3.05, 3.63) is 87.2 Å². The van der Waals surface area contributed by atoms with Gasteiger partial charge in [0, 0.05) is 25.0 Å². The summed E-state index contributed by atoms with van der Waals surface area (Å²) in [6.45, 7) is 5.99. The molecule has 0 aliphatic heterocycles. The molecule has 0 amide bonds. The van der Waals surface area contributed by atoms with Crippen LogP contribution < -0.4 is 10.9 Å². The topological polar surface area (TPSA) is 100 Å². The van der Waals surface area contributed by atoms with Gasteiger partial charge in [-0.25, -0.2) is 4.98 Å². The van der Waals surface area contributed by atoms with E-state index in [0.717, 1.165) is 29.5 Å². The minimum atomic E-state index is -0.132. The molecule has 1 fully saturated rings. The second kappa shape index (κ2) is 10.1. The van der Waals surface area contributed by atoms with Crippen LogP contribution in [0, 0.1) is 18.3 Å². The summed E-state index contributed by atoms with van der Waals surface area (Å²) in [5.74, 6) is 0.303. The average molecular weight is 472 g/mol. The molecule has 4 rings (SSSR count). The normalized spacial score (nSPS) is 17.6. The molecule has 0 bridgehead atoms. The first-order valence-corrected chi connectivity index (χ1v) is 11.8. The maximum Gasteiger partial charge on any atom is 0.260 e. The number of nitrogens with one attached hydrogen (secondary N) is 1. The number of carbonyl (C=O) groups excluding carboxylic acids is 1. The molecule has 1 heterocycles. The van der Waals surface area contributed by atoms with Crippen LogP contribution in [0.2, 0.25) is 0 Å². The minimum absolute atomic E-state index is 0.103. The summed E-state index contributed by atoms with van der Waals surface area (Å²) in [4.78, 5) is 33.2. The lowest BCUT2D eigenvalue weighted by molar-refractivity contribution is -0.108. The summed E-state index contributed by atoms with van der Waals surface area (Å²) >= 11 is 1.27. The molecule has 0 radical (unpaired) electrons. The van der Waals surface area contributed by atoms with Crippen LogP contribution in [0.25, 0.3) is 10.9 Å². The van der Waals surface area contributed by atoms with Crippen LogP contribution in [0.4, 0.5) is 0 Å². The van der Waals surface area contributed by atoms with Gasteiger partial charge in [-0.15, -0.1) is 0 Å². The van der Waals surface area contributed by atoms with Crippen molar-refractivity contribution in [2.45, 2.75) is 37.5 Å². The quantitative estimate of drug-likeness (QED) is 0.414. The van der Waals surface area contributed by atoms with Crippen LogP contribution in [0.5, 0.6) is 0 Å². The molecule has 0 saturated heterocycles. The van der Waals surface area contributed by atoms with Crippen LogP contribution in [0.3, 0.4) is 0 Å². The number of aliphatic imine (C=N–C) groups is 1. The summed E-state index contributed by atoms with van der Waals surface area (Å²) in [5, 5.41) is 13.1. The maximum absolute atomic E-state index is 12.7. The molecule has 1 saturated carbocycles. The first-order chi connectivity index (χ1) is 16.4. The van der Waals surface area contributed by atoms with Gasteiger partial charge in [0.1, 0.15) is 5.70 Å². The van der Waals surface area contributed by atoms with Crippen molar-refractivity contribution in [1.29, 1.82) is 5.26 Å². The predicted molar refractivity (Wildman–Crippen MR) is 136 cm³/mol. The number of thioether (sulfide) groups is 1. The summed E-state index contributed by atoms with van der Waals surface area (Å²) in [7, 11) is 1.67. The highest BCUT2D eigenvalue weighted by atomic mass is 32.2. The third-order valence-electron chi connectivity index (χ3n) is 6.04. The van der Waals surface area contributed by atoms with Crippen molar-refractivity contribution in [2.24, 2.45) is 12.0 Å². The SMILES string of the molecule is C=N/C(=C\NCc1ccc2ncn(C)c(=O)c2c1)C(=O)SC1CC(c2cc(C)ccc2C#N)C1. The third-order valence-corrected chi connectivity index (χ3v) is 7.18. The number of carbonyl (C=O) groups is 1. The lowest BCUT2D eigenvalue weighted by atomic mass is 9.77. The fraction of sp³-hybridized carbons (Fsp3) is 0.269. The zero-order valence-electron chi connectivity index (χ0n) is 19.1. The third kappa shape index (κ3) is 4.95. The Labute approximate surface area is 202 Å². The van der Waals surface area contributed by atoms with E-state index >= 15 is 0 Å². The van der Waals surface area contributed by atoms with E-state index in [2.05, 4.69) is 34.1 Å². The molecule has 2 aromatic carbocycles. The summed E-state index contributed by atoms with van der Waals surface area (Å²) in [6, 6.07) is 13.7. The highest BCUT2D eigenvalue weighted by Gasteiger charge is 2.34. The van der Waals surface area contributed by atoms with E-state index in [4.69, 9.17) is 0 Å². The highest BCUT2D eigenvalue weighted by molar-refractivity contribution is 8.14. The van der Waals surface area contributed by atoms with Crippen LogP contribution in [-0.2, 0) is 18.4 Å². The Hall–Kier alpha value is -3.70. The molecule has 1 aliphatic carbocycles. The largest absolute Gasteiger partial charge is 0.385 e. The number of aromatic nitrogens is 2. The first-order valence-electron chi connectivity index (χ1n) is 11.0. The Morgan fingerprint density at radius 1 is 1.35 bits per heavy atom. The van der Waals surface area contributed by atoms with Gasteiger partial charge in [0.05, 0.1) is 28.9 Å². The van der Waals surface area contributed by atoms with E-state index in [0.29, 0.717) is 28.9 Å². The molecule has 0 unspecified atom stereocenters. The van der Waals surface area contributed by atoms with E-state index in [-0.39, 0.29) is 21.6 Å². The van der Waals surface area contributed by atoms with Crippen molar-refractivity contribution in [2.75, 3.05) is 0 Å². The number of aryl methyl sites for hydroxylation is 2. The van der Waals surface area contributed by atoms with E-state index in [9.17, 15) is 14.9 Å². The molecule has 34 heavy (non-hydrogen) atoms. The number of nitriles is 1. The van der Waals surface area contributed by atoms with Crippen molar-refractivity contribution in [3.8, 4) is 6.07 Å². The van der Waals surface area contributed by atoms with Gasteiger partial charge in [-0.1, -0.05) is 35.5 Å². The number of benzene rings is 2. The summed E-state index contributed by atoms with van der Waals surface area (Å²) < 4.78 is 1.44. The molecule has 0 spiro atoms. The fourth-order valence-electron chi connectivity index (χ4n) is 4.05. The van der Waals surface area contributed by atoms with Crippen LogP contribution in [0.15, 0.2) is 64.4 Å². The van der Waals surface area contributed by atoms with Gasteiger partial charge in [-0.3, -0.25) is 14.6 Å². The Morgan fingerprint density at radius 2 is 2.15 bits per heavy atom. The summed E-state index contributed by atoms with van der Waals surface area (Å²) in [5.41, 5.74) is 4.63. The van der Waals surface area contributed by atoms with Gasteiger partial charge >= 0.3 is 0 Å². The maximum atomic E-state index is 12.7. The lowest BCUT2D eigenvalue weighted by Gasteiger charge is -2.35. The lowest BCUT2D eigenvalue weighted by Crippen LogP contribution is -2.26. The van der Waals surface area contributed by atoms with Crippen LogP contribution in [0.1, 0.15) is 41.0 Å². The Bertz CT molecular complexity index is 1400. The molecular weight excluding hydrogens is 446 g/mol. The standard InChI is InChI=1S/C26H25N5O2S/c1-16-4-6-18(12-27)21(8-16)19-10-20(11-19)34-26(33)24(28-2)14-29-13-17-5-7-23-22(9-17)25(32)31(3)15-30-23/h4-9,14-15,19-20,29H,2,10-11,13H2,1,3H3/b24-14-. The van der Waals surface area contributed by atoms with Crippen molar-refractivity contribution >= 4 is 34.5 Å². The smallest absolute Gasteiger partial charge is 0.260 e.